The Hall–Kier alpha value is -2.47. The normalized spacial score (nSPS) is 13.9. The third kappa shape index (κ3) is 3.54. The number of benzene rings is 1. The third-order valence-corrected chi connectivity index (χ3v) is 6.39. The summed E-state index contributed by atoms with van der Waals surface area (Å²) in [4.78, 5) is 14.6. The predicted molar refractivity (Wildman–Crippen MR) is 109 cm³/mol. The Balaban J connectivity index is 1.64. The van der Waals surface area contributed by atoms with Gasteiger partial charge in [-0.15, -0.1) is 21.5 Å². The molecule has 0 saturated carbocycles. The number of hydrogen-bond acceptors (Lipinski definition) is 4. The molecule has 3 heterocycles. The smallest absolute Gasteiger partial charge is 0.265 e. The van der Waals surface area contributed by atoms with Gasteiger partial charge in [0.05, 0.1) is 4.88 Å². The van der Waals surface area contributed by atoms with E-state index < -0.39 is 0 Å². The number of anilines is 1. The van der Waals surface area contributed by atoms with Crippen LogP contribution in [0.1, 0.15) is 50.8 Å². The van der Waals surface area contributed by atoms with E-state index in [0.29, 0.717) is 0 Å². The van der Waals surface area contributed by atoms with Crippen molar-refractivity contribution >= 4 is 22.9 Å². The highest BCUT2D eigenvalue weighted by Crippen LogP contribution is 2.28. The molecule has 0 bridgehead atoms. The number of aryl methyl sites for hydroxylation is 4. The summed E-state index contributed by atoms with van der Waals surface area (Å²) in [7, 11) is 0. The topological polar surface area (TPSA) is 59.8 Å². The Bertz CT molecular complexity index is 982. The minimum atomic E-state index is -0.0588. The number of nitrogens with zero attached hydrogens (tertiary/aromatic N) is 3. The minimum absolute atomic E-state index is 0.0588. The molecule has 0 fully saturated rings. The van der Waals surface area contributed by atoms with Crippen LogP contribution in [-0.4, -0.2) is 20.7 Å². The molecule has 1 amide bonds. The zero-order chi connectivity index (χ0) is 19.0. The van der Waals surface area contributed by atoms with Gasteiger partial charge >= 0.3 is 0 Å². The first-order valence-electron chi connectivity index (χ1n) is 9.44. The van der Waals surface area contributed by atoms with Gasteiger partial charge in [0, 0.05) is 29.1 Å². The van der Waals surface area contributed by atoms with E-state index >= 15 is 0 Å². The maximum absolute atomic E-state index is 12.7. The molecule has 0 unspecified atom stereocenters. The molecule has 1 aliphatic rings. The van der Waals surface area contributed by atoms with Crippen LogP contribution in [0.25, 0.3) is 11.4 Å². The molecule has 2 aromatic heterocycles. The summed E-state index contributed by atoms with van der Waals surface area (Å²) >= 11 is 1.53. The number of rotatable bonds is 3. The van der Waals surface area contributed by atoms with E-state index in [0.717, 1.165) is 58.3 Å². The second-order valence-electron chi connectivity index (χ2n) is 7.24. The van der Waals surface area contributed by atoms with Crippen molar-refractivity contribution in [2.75, 3.05) is 5.32 Å². The van der Waals surface area contributed by atoms with Gasteiger partial charge < -0.3 is 9.88 Å². The monoisotopic (exact) mass is 380 g/mol. The zero-order valence-electron chi connectivity index (χ0n) is 16.0. The number of amides is 1. The summed E-state index contributed by atoms with van der Waals surface area (Å²) in [5.74, 6) is 1.90. The van der Waals surface area contributed by atoms with Crippen molar-refractivity contribution < 1.29 is 4.79 Å². The predicted octanol–water partition coefficient (Wildman–Crippen LogP) is 4.91. The average molecular weight is 381 g/mol. The van der Waals surface area contributed by atoms with Crippen LogP contribution >= 0.6 is 11.3 Å². The van der Waals surface area contributed by atoms with Crippen LogP contribution in [0.4, 0.5) is 5.69 Å². The van der Waals surface area contributed by atoms with Crippen LogP contribution in [-0.2, 0) is 13.0 Å². The summed E-state index contributed by atoms with van der Waals surface area (Å²) in [6.45, 7) is 7.04. The molecule has 0 saturated heterocycles. The van der Waals surface area contributed by atoms with E-state index in [1.807, 2.05) is 39.0 Å². The SMILES string of the molecule is Cc1ccc(-c2nnc3n2CCCCC3)cc1NC(=O)c1cc(C)c(C)s1. The van der Waals surface area contributed by atoms with Crippen LogP contribution in [0.3, 0.4) is 0 Å². The summed E-state index contributed by atoms with van der Waals surface area (Å²) < 4.78 is 2.23. The number of fused-ring (bicyclic) bond motifs is 1. The van der Waals surface area contributed by atoms with Gasteiger partial charge in [-0.05, 0) is 56.9 Å². The number of aromatic nitrogens is 3. The first-order chi connectivity index (χ1) is 13.0. The fraction of sp³-hybridized carbons (Fsp3) is 0.381. The van der Waals surface area contributed by atoms with Crippen molar-refractivity contribution in [2.45, 2.75) is 53.0 Å². The van der Waals surface area contributed by atoms with Crippen LogP contribution < -0.4 is 5.32 Å². The molecule has 6 heteroatoms. The summed E-state index contributed by atoms with van der Waals surface area (Å²) in [6, 6.07) is 8.07. The highest BCUT2D eigenvalue weighted by molar-refractivity contribution is 7.14. The van der Waals surface area contributed by atoms with Crippen LogP contribution in [0.15, 0.2) is 24.3 Å². The number of carbonyl (C=O) groups is 1. The molecule has 1 aliphatic heterocycles. The average Bonchev–Trinajstić information content (AvgIpc) is 3.11. The van der Waals surface area contributed by atoms with E-state index in [1.165, 1.54) is 29.1 Å². The van der Waals surface area contributed by atoms with Crippen LogP contribution in [0.2, 0.25) is 0 Å². The first kappa shape index (κ1) is 17.9. The van der Waals surface area contributed by atoms with Gasteiger partial charge in [0.2, 0.25) is 0 Å². The maximum atomic E-state index is 12.7. The Morgan fingerprint density at radius 3 is 2.70 bits per heavy atom. The van der Waals surface area contributed by atoms with Gasteiger partial charge in [0.25, 0.3) is 5.91 Å². The molecule has 4 rings (SSSR count). The Kier molecular flexibility index (Phi) is 4.83. The molecular formula is C21H24N4OS. The van der Waals surface area contributed by atoms with Crippen molar-refractivity contribution in [1.29, 1.82) is 0 Å². The largest absolute Gasteiger partial charge is 0.321 e. The molecule has 0 aliphatic carbocycles. The molecule has 140 valence electrons. The lowest BCUT2D eigenvalue weighted by Crippen LogP contribution is -2.11. The van der Waals surface area contributed by atoms with Gasteiger partial charge in [-0.2, -0.15) is 0 Å². The molecule has 3 aromatic rings. The number of carbonyl (C=O) groups excluding carboxylic acids is 1. The lowest BCUT2D eigenvalue weighted by atomic mass is 10.1. The van der Waals surface area contributed by atoms with Crippen molar-refractivity contribution in [3.8, 4) is 11.4 Å². The molecule has 0 radical (unpaired) electrons. The molecule has 5 nitrogen and oxygen atoms in total. The van der Waals surface area contributed by atoms with Gasteiger partial charge in [-0.25, -0.2) is 0 Å². The van der Waals surface area contributed by atoms with Crippen LogP contribution in [0, 0.1) is 20.8 Å². The second kappa shape index (κ2) is 7.27. The van der Waals surface area contributed by atoms with E-state index in [2.05, 4.69) is 26.1 Å². The molecule has 1 N–H and O–H groups in total. The summed E-state index contributed by atoms with van der Waals surface area (Å²) in [5.41, 5.74) is 4.01. The zero-order valence-corrected chi connectivity index (χ0v) is 16.8. The first-order valence-corrected chi connectivity index (χ1v) is 10.3. The van der Waals surface area contributed by atoms with Crippen molar-refractivity contribution in [3.05, 3.63) is 51.0 Å². The molecular weight excluding hydrogens is 356 g/mol. The number of thiophene rings is 1. The van der Waals surface area contributed by atoms with E-state index in [9.17, 15) is 4.79 Å². The van der Waals surface area contributed by atoms with E-state index in [-0.39, 0.29) is 5.91 Å². The highest BCUT2D eigenvalue weighted by atomic mass is 32.1. The quantitative estimate of drug-likeness (QED) is 0.702. The number of hydrogen-bond donors (Lipinski definition) is 1. The van der Waals surface area contributed by atoms with Crippen molar-refractivity contribution in [1.82, 2.24) is 14.8 Å². The van der Waals surface area contributed by atoms with Gasteiger partial charge in [-0.3, -0.25) is 4.79 Å². The van der Waals surface area contributed by atoms with Gasteiger partial charge in [0.15, 0.2) is 5.82 Å². The minimum Gasteiger partial charge on any atom is -0.321 e. The Morgan fingerprint density at radius 2 is 1.93 bits per heavy atom. The van der Waals surface area contributed by atoms with Crippen LogP contribution in [0.5, 0.6) is 0 Å². The lowest BCUT2D eigenvalue weighted by Gasteiger charge is -2.11. The fourth-order valence-corrected chi connectivity index (χ4v) is 4.39. The molecule has 0 spiro atoms. The standard InChI is InChI=1S/C21H24N4OS/c1-13-8-9-16(20-24-23-19-7-5-4-6-10-25(19)20)12-17(13)22-21(26)18-11-14(2)15(3)27-18/h8-9,11-12H,4-7,10H2,1-3H3,(H,22,26). The fourth-order valence-electron chi connectivity index (χ4n) is 3.46. The number of nitrogens with one attached hydrogen (secondary N) is 1. The second-order valence-corrected chi connectivity index (χ2v) is 8.49. The summed E-state index contributed by atoms with van der Waals surface area (Å²) in [5, 5.41) is 11.9. The molecule has 0 atom stereocenters. The Labute approximate surface area is 163 Å². The molecule has 1 aromatic carbocycles. The van der Waals surface area contributed by atoms with E-state index in [1.54, 1.807) is 0 Å². The van der Waals surface area contributed by atoms with Crippen molar-refractivity contribution in [2.24, 2.45) is 0 Å². The van der Waals surface area contributed by atoms with Gasteiger partial charge in [-0.1, -0.05) is 18.6 Å². The molecule has 27 heavy (non-hydrogen) atoms. The maximum Gasteiger partial charge on any atom is 0.265 e. The van der Waals surface area contributed by atoms with E-state index in [4.69, 9.17) is 0 Å². The Morgan fingerprint density at radius 1 is 1.07 bits per heavy atom. The van der Waals surface area contributed by atoms with Gasteiger partial charge in [0.1, 0.15) is 5.82 Å². The highest BCUT2D eigenvalue weighted by Gasteiger charge is 2.18. The lowest BCUT2D eigenvalue weighted by molar-refractivity contribution is 0.103. The summed E-state index contributed by atoms with van der Waals surface area (Å²) in [6.07, 6.45) is 4.55. The van der Waals surface area contributed by atoms with Crippen molar-refractivity contribution in [3.63, 3.8) is 0 Å². The third-order valence-electron chi connectivity index (χ3n) is 5.24.